The molecule has 1 heterocycles. The van der Waals surface area contributed by atoms with E-state index < -0.39 is 5.92 Å². The van der Waals surface area contributed by atoms with Crippen LogP contribution in [-0.2, 0) is 4.79 Å². The summed E-state index contributed by atoms with van der Waals surface area (Å²) in [6.45, 7) is 2.17. The highest BCUT2D eigenvalue weighted by Crippen LogP contribution is 2.61. The van der Waals surface area contributed by atoms with Crippen molar-refractivity contribution in [3.05, 3.63) is 29.8 Å². The van der Waals surface area contributed by atoms with Gasteiger partial charge in [0.25, 0.3) is 0 Å². The van der Waals surface area contributed by atoms with Crippen LogP contribution in [0.3, 0.4) is 0 Å². The predicted molar refractivity (Wildman–Crippen MR) is 102 cm³/mol. The van der Waals surface area contributed by atoms with Gasteiger partial charge in [0.2, 0.25) is 5.91 Å². The zero-order valence-corrected chi connectivity index (χ0v) is 16.0. The Kier molecular flexibility index (Phi) is 4.05. The molecule has 8 atom stereocenters. The van der Waals surface area contributed by atoms with Crippen molar-refractivity contribution in [2.45, 2.75) is 55.2 Å². The Morgan fingerprint density at radius 1 is 1.12 bits per heavy atom. The lowest BCUT2D eigenvalue weighted by atomic mass is 9.63. The van der Waals surface area contributed by atoms with E-state index in [-0.39, 0.29) is 17.9 Å². The number of hydrogen-bond donors (Lipinski definition) is 1. The van der Waals surface area contributed by atoms with Crippen LogP contribution in [0.25, 0.3) is 0 Å². The fourth-order valence-electron chi connectivity index (χ4n) is 6.78. The second-order valence-corrected chi connectivity index (χ2v) is 10.1. The van der Waals surface area contributed by atoms with Crippen LogP contribution in [0.1, 0.15) is 37.7 Å². The molecule has 8 unspecified atom stereocenters. The van der Waals surface area contributed by atoms with Gasteiger partial charge in [-0.2, -0.15) is 5.26 Å². The SMILES string of the molecule is Cc1cccc(SC2CCC3C4NC(=O)C(C#N)C4C4CCCC2C34)c1. The minimum absolute atomic E-state index is 0.000618. The predicted octanol–water partition coefficient (Wildman–Crippen LogP) is 4.17. The van der Waals surface area contributed by atoms with Gasteiger partial charge < -0.3 is 5.32 Å². The molecule has 136 valence electrons. The summed E-state index contributed by atoms with van der Waals surface area (Å²) in [6.07, 6.45) is 6.26. The number of rotatable bonds is 2. The average molecular weight is 367 g/mol. The number of nitrogens with zero attached hydrogens (tertiary/aromatic N) is 1. The first-order valence-electron chi connectivity index (χ1n) is 10.1. The Morgan fingerprint density at radius 2 is 1.96 bits per heavy atom. The fourth-order valence-corrected chi connectivity index (χ4v) is 8.29. The number of fused-ring (bicyclic) bond motifs is 3. The maximum atomic E-state index is 12.3. The van der Waals surface area contributed by atoms with Gasteiger partial charge in [0.1, 0.15) is 5.92 Å². The number of nitriles is 1. The molecule has 5 rings (SSSR count). The number of thioether (sulfide) groups is 1. The molecule has 0 spiro atoms. The van der Waals surface area contributed by atoms with Crippen LogP contribution in [0.2, 0.25) is 0 Å². The van der Waals surface area contributed by atoms with Crippen LogP contribution in [0.5, 0.6) is 0 Å². The third-order valence-electron chi connectivity index (χ3n) is 7.58. The Morgan fingerprint density at radius 3 is 2.77 bits per heavy atom. The van der Waals surface area contributed by atoms with Gasteiger partial charge in [-0.3, -0.25) is 4.79 Å². The molecule has 3 aliphatic carbocycles. The maximum Gasteiger partial charge on any atom is 0.237 e. The lowest BCUT2D eigenvalue weighted by Crippen LogP contribution is -2.44. The summed E-state index contributed by atoms with van der Waals surface area (Å²) in [5.74, 6) is 2.51. The Labute approximate surface area is 159 Å². The standard InChI is InChI=1S/C22H26N2OS/c1-12-4-2-5-13(10-12)26-18-9-8-16-19-14(18)6-3-7-15(19)20-17(11-23)22(25)24-21(16)20/h2,4-5,10,14-21H,3,6-9H2,1H3,(H,24,25). The van der Waals surface area contributed by atoms with Crippen molar-refractivity contribution in [1.29, 1.82) is 5.26 Å². The molecule has 26 heavy (non-hydrogen) atoms. The molecule has 0 radical (unpaired) electrons. The molecule has 3 nitrogen and oxygen atoms in total. The molecule has 1 aliphatic heterocycles. The Bertz CT molecular complexity index is 772. The molecule has 3 saturated carbocycles. The fraction of sp³-hybridized carbons (Fsp3) is 0.636. The van der Waals surface area contributed by atoms with E-state index in [9.17, 15) is 10.1 Å². The number of aryl methyl sites for hydroxylation is 1. The molecule has 0 aromatic heterocycles. The molecular weight excluding hydrogens is 340 g/mol. The highest BCUT2D eigenvalue weighted by atomic mass is 32.2. The molecular formula is C22H26N2OS. The lowest BCUT2D eigenvalue weighted by molar-refractivity contribution is -0.122. The van der Waals surface area contributed by atoms with Crippen molar-refractivity contribution >= 4 is 17.7 Å². The van der Waals surface area contributed by atoms with Crippen LogP contribution in [-0.4, -0.2) is 17.2 Å². The van der Waals surface area contributed by atoms with Gasteiger partial charge in [0.05, 0.1) is 6.07 Å². The maximum absolute atomic E-state index is 12.3. The second-order valence-electron chi connectivity index (χ2n) is 8.77. The summed E-state index contributed by atoms with van der Waals surface area (Å²) in [4.78, 5) is 13.7. The number of hydrogen-bond acceptors (Lipinski definition) is 3. The highest BCUT2D eigenvalue weighted by Gasteiger charge is 2.62. The number of amides is 1. The van der Waals surface area contributed by atoms with Crippen molar-refractivity contribution in [1.82, 2.24) is 5.32 Å². The molecule has 4 aliphatic rings. The highest BCUT2D eigenvalue weighted by molar-refractivity contribution is 8.00. The third kappa shape index (κ3) is 2.43. The summed E-state index contributed by atoms with van der Waals surface area (Å²) in [5.41, 5.74) is 1.33. The molecule has 0 bridgehead atoms. The first-order valence-corrected chi connectivity index (χ1v) is 11.0. The summed E-state index contributed by atoms with van der Waals surface area (Å²) in [6, 6.07) is 11.5. The topological polar surface area (TPSA) is 52.9 Å². The summed E-state index contributed by atoms with van der Waals surface area (Å²) in [7, 11) is 0. The van der Waals surface area contributed by atoms with E-state index in [2.05, 4.69) is 54.3 Å². The van der Waals surface area contributed by atoms with Crippen molar-refractivity contribution in [3.8, 4) is 6.07 Å². The molecule has 1 N–H and O–H groups in total. The molecule has 4 heteroatoms. The van der Waals surface area contributed by atoms with Crippen molar-refractivity contribution in [2.24, 2.45) is 35.5 Å². The Balaban J connectivity index is 1.42. The minimum atomic E-state index is -0.405. The van der Waals surface area contributed by atoms with E-state index in [4.69, 9.17) is 0 Å². The number of nitrogens with one attached hydrogen (secondary N) is 1. The van der Waals surface area contributed by atoms with Gasteiger partial charge in [-0.1, -0.05) is 24.1 Å². The first-order chi connectivity index (χ1) is 12.7. The molecule has 4 fully saturated rings. The average Bonchev–Trinajstić information content (AvgIpc) is 3.12. The van der Waals surface area contributed by atoms with Crippen LogP contribution >= 0.6 is 11.8 Å². The van der Waals surface area contributed by atoms with Crippen LogP contribution in [0, 0.1) is 53.8 Å². The number of carbonyl (C=O) groups excluding carboxylic acids is 1. The van der Waals surface area contributed by atoms with Gasteiger partial charge in [-0.15, -0.1) is 11.8 Å². The van der Waals surface area contributed by atoms with Crippen molar-refractivity contribution in [3.63, 3.8) is 0 Å². The van der Waals surface area contributed by atoms with Gasteiger partial charge in [-0.05, 0) is 68.4 Å². The quantitative estimate of drug-likeness (QED) is 0.855. The Hall–Kier alpha value is -1.47. The van der Waals surface area contributed by atoms with E-state index in [1.165, 1.54) is 42.6 Å². The van der Waals surface area contributed by atoms with E-state index in [1.54, 1.807) is 0 Å². The van der Waals surface area contributed by atoms with E-state index in [0.29, 0.717) is 23.0 Å². The zero-order chi connectivity index (χ0) is 17.8. The monoisotopic (exact) mass is 366 g/mol. The largest absolute Gasteiger partial charge is 0.352 e. The van der Waals surface area contributed by atoms with Crippen LogP contribution in [0.15, 0.2) is 29.2 Å². The number of carbonyl (C=O) groups is 1. The smallest absolute Gasteiger partial charge is 0.237 e. The lowest BCUT2D eigenvalue weighted by Gasteiger charge is -2.46. The van der Waals surface area contributed by atoms with Crippen molar-refractivity contribution < 1.29 is 4.79 Å². The van der Waals surface area contributed by atoms with E-state index >= 15 is 0 Å². The molecule has 1 aromatic rings. The molecule has 1 amide bonds. The minimum Gasteiger partial charge on any atom is -0.352 e. The zero-order valence-electron chi connectivity index (χ0n) is 15.2. The van der Waals surface area contributed by atoms with Gasteiger partial charge in [0, 0.05) is 22.1 Å². The number of benzene rings is 1. The van der Waals surface area contributed by atoms with E-state index in [0.717, 1.165) is 5.92 Å². The molecule has 1 aromatic carbocycles. The summed E-state index contributed by atoms with van der Waals surface area (Å²) in [5, 5.41) is 13.5. The summed E-state index contributed by atoms with van der Waals surface area (Å²) < 4.78 is 0. The van der Waals surface area contributed by atoms with Crippen molar-refractivity contribution in [2.75, 3.05) is 0 Å². The second kappa shape index (κ2) is 6.30. The van der Waals surface area contributed by atoms with Crippen LogP contribution in [0.4, 0.5) is 0 Å². The van der Waals surface area contributed by atoms with E-state index in [1.807, 2.05) is 0 Å². The summed E-state index contributed by atoms with van der Waals surface area (Å²) >= 11 is 2.08. The first kappa shape index (κ1) is 16.7. The van der Waals surface area contributed by atoms with Crippen LogP contribution < -0.4 is 5.32 Å². The third-order valence-corrected chi connectivity index (χ3v) is 9.00. The normalized spacial score (nSPS) is 43.3. The van der Waals surface area contributed by atoms with Gasteiger partial charge >= 0.3 is 0 Å². The molecule has 1 saturated heterocycles. The van der Waals surface area contributed by atoms with Gasteiger partial charge in [-0.25, -0.2) is 0 Å². The van der Waals surface area contributed by atoms with Gasteiger partial charge in [0.15, 0.2) is 0 Å².